The summed E-state index contributed by atoms with van der Waals surface area (Å²) in [7, 11) is 1.66. The van der Waals surface area contributed by atoms with Gasteiger partial charge in [-0.3, -0.25) is 0 Å². The molecule has 0 unspecified atom stereocenters. The van der Waals surface area contributed by atoms with E-state index in [1.54, 1.807) is 18.4 Å². The van der Waals surface area contributed by atoms with E-state index in [4.69, 9.17) is 16.3 Å². The zero-order valence-corrected chi connectivity index (χ0v) is 8.65. The van der Waals surface area contributed by atoms with E-state index in [1.165, 1.54) is 0 Å². The Morgan fingerprint density at radius 3 is 3.08 bits per heavy atom. The number of thiazole rings is 1. The molecule has 2 rings (SSSR count). The standard InChI is InChI=1S/C9H8ClNOS/c1-12-6-2-3-7-8(4-6)13-9(5-10)11-7/h2-4H,5H2,1H3. The largest absolute Gasteiger partial charge is 0.497 e. The summed E-state index contributed by atoms with van der Waals surface area (Å²) in [5.41, 5.74) is 0.987. The highest BCUT2D eigenvalue weighted by Crippen LogP contribution is 2.26. The lowest BCUT2D eigenvalue weighted by molar-refractivity contribution is 0.415. The van der Waals surface area contributed by atoms with Crippen LogP contribution in [0, 0.1) is 0 Å². The van der Waals surface area contributed by atoms with Gasteiger partial charge in [0.15, 0.2) is 0 Å². The maximum atomic E-state index is 5.69. The number of rotatable bonds is 2. The summed E-state index contributed by atoms with van der Waals surface area (Å²) < 4.78 is 6.23. The smallest absolute Gasteiger partial charge is 0.120 e. The number of hydrogen-bond acceptors (Lipinski definition) is 3. The molecule has 0 amide bonds. The Morgan fingerprint density at radius 1 is 1.54 bits per heavy atom. The van der Waals surface area contributed by atoms with Crippen molar-refractivity contribution in [3.8, 4) is 5.75 Å². The molecule has 2 aromatic rings. The van der Waals surface area contributed by atoms with E-state index in [9.17, 15) is 0 Å². The minimum atomic E-state index is 0.474. The van der Waals surface area contributed by atoms with Gasteiger partial charge in [0.2, 0.25) is 0 Å². The Morgan fingerprint density at radius 2 is 2.38 bits per heavy atom. The molecule has 0 aliphatic rings. The van der Waals surface area contributed by atoms with Crippen molar-refractivity contribution in [3.05, 3.63) is 23.2 Å². The van der Waals surface area contributed by atoms with Gasteiger partial charge in [-0.05, 0) is 18.2 Å². The van der Waals surface area contributed by atoms with Crippen molar-refractivity contribution in [2.45, 2.75) is 5.88 Å². The van der Waals surface area contributed by atoms with Gasteiger partial charge in [-0.1, -0.05) is 0 Å². The van der Waals surface area contributed by atoms with Gasteiger partial charge in [0, 0.05) is 0 Å². The highest BCUT2D eigenvalue weighted by molar-refractivity contribution is 7.18. The summed E-state index contributed by atoms with van der Waals surface area (Å²) in [5, 5.41) is 0.949. The van der Waals surface area contributed by atoms with Crippen molar-refractivity contribution in [1.29, 1.82) is 0 Å². The third-order valence-electron chi connectivity index (χ3n) is 1.75. The van der Waals surface area contributed by atoms with Crippen LogP contribution in [0.3, 0.4) is 0 Å². The van der Waals surface area contributed by atoms with Gasteiger partial charge in [-0.15, -0.1) is 22.9 Å². The minimum Gasteiger partial charge on any atom is -0.497 e. The van der Waals surface area contributed by atoms with Gasteiger partial charge in [-0.25, -0.2) is 4.98 Å². The number of alkyl halides is 1. The molecule has 0 bridgehead atoms. The highest BCUT2D eigenvalue weighted by Gasteiger charge is 2.03. The minimum absolute atomic E-state index is 0.474. The van der Waals surface area contributed by atoms with E-state index < -0.39 is 0 Å². The molecule has 2 nitrogen and oxygen atoms in total. The molecule has 4 heteroatoms. The van der Waals surface area contributed by atoms with E-state index in [2.05, 4.69) is 4.98 Å². The molecule has 0 fully saturated rings. The topological polar surface area (TPSA) is 22.1 Å². The summed E-state index contributed by atoms with van der Waals surface area (Å²) in [6.45, 7) is 0. The van der Waals surface area contributed by atoms with Gasteiger partial charge in [0.1, 0.15) is 10.8 Å². The molecule has 68 valence electrons. The van der Waals surface area contributed by atoms with Crippen LogP contribution in [-0.2, 0) is 5.88 Å². The van der Waals surface area contributed by atoms with Crippen LogP contribution in [0.2, 0.25) is 0 Å². The number of nitrogens with zero attached hydrogens (tertiary/aromatic N) is 1. The average molecular weight is 214 g/mol. The molecular weight excluding hydrogens is 206 g/mol. The molecule has 1 aromatic carbocycles. The van der Waals surface area contributed by atoms with Gasteiger partial charge in [0.25, 0.3) is 0 Å². The number of aromatic nitrogens is 1. The van der Waals surface area contributed by atoms with E-state index in [0.29, 0.717) is 5.88 Å². The fraction of sp³-hybridized carbons (Fsp3) is 0.222. The lowest BCUT2D eigenvalue weighted by Crippen LogP contribution is -1.80. The molecular formula is C9H8ClNOS. The first-order valence-corrected chi connectivity index (χ1v) is 5.18. The molecule has 13 heavy (non-hydrogen) atoms. The van der Waals surface area contributed by atoms with Crippen LogP contribution in [0.5, 0.6) is 5.75 Å². The van der Waals surface area contributed by atoms with E-state index in [0.717, 1.165) is 21.0 Å². The molecule has 0 atom stereocenters. The van der Waals surface area contributed by atoms with E-state index in [-0.39, 0.29) is 0 Å². The van der Waals surface area contributed by atoms with Gasteiger partial charge >= 0.3 is 0 Å². The zero-order valence-electron chi connectivity index (χ0n) is 7.08. The summed E-state index contributed by atoms with van der Waals surface area (Å²) >= 11 is 7.29. The second kappa shape index (κ2) is 3.52. The molecule has 0 radical (unpaired) electrons. The van der Waals surface area contributed by atoms with Gasteiger partial charge in [-0.2, -0.15) is 0 Å². The number of ether oxygens (including phenoxy) is 1. The third kappa shape index (κ3) is 1.62. The number of hydrogen-bond donors (Lipinski definition) is 0. The Bertz CT molecular complexity index is 424. The normalized spacial score (nSPS) is 10.6. The number of halogens is 1. The van der Waals surface area contributed by atoms with Crippen molar-refractivity contribution in [3.63, 3.8) is 0 Å². The van der Waals surface area contributed by atoms with Crippen LogP contribution >= 0.6 is 22.9 Å². The van der Waals surface area contributed by atoms with Crippen LogP contribution in [-0.4, -0.2) is 12.1 Å². The predicted molar refractivity (Wildman–Crippen MR) is 55.7 cm³/mol. The molecule has 0 aliphatic carbocycles. The number of benzene rings is 1. The molecule has 0 saturated heterocycles. The maximum Gasteiger partial charge on any atom is 0.120 e. The van der Waals surface area contributed by atoms with Crippen molar-refractivity contribution in [2.24, 2.45) is 0 Å². The van der Waals surface area contributed by atoms with Crippen LogP contribution in [0.1, 0.15) is 5.01 Å². The summed E-state index contributed by atoms with van der Waals surface area (Å²) in [4.78, 5) is 4.34. The van der Waals surface area contributed by atoms with Gasteiger partial charge in [0.05, 0.1) is 23.2 Å². The van der Waals surface area contributed by atoms with Crippen molar-refractivity contribution in [1.82, 2.24) is 4.98 Å². The first-order valence-electron chi connectivity index (χ1n) is 3.83. The Kier molecular flexibility index (Phi) is 2.38. The van der Waals surface area contributed by atoms with Gasteiger partial charge < -0.3 is 4.74 Å². The Balaban J connectivity index is 2.57. The lowest BCUT2D eigenvalue weighted by atomic mass is 10.3. The molecule has 0 aliphatic heterocycles. The molecule has 1 aromatic heterocycles. The highest BCUT2D eigenvalue weighted by atomic mass is 35.5. The van der Waals surface area contributed by atoms with Crippen LogP contribution in [0.15, 0.2) is 18.2 Å². The second-order valence-corrected chi connectivity index (χ2v) is 3.96. The third-order valence-corrected chi connectivity index (χ3v) is 3.18. The lowest BCUT2D eigenvalue weighted by Gasteiger charge is -1.96. The number of fused-ring (bicyclic) bond motifs is 1. The van der Waals surface area contributed by atoms with Crippen LogP contribution in [0.4, 0.5) is 0 Å². The molecule has 0 saturated carbocycles. The molecule has 0 spiro atoms. The van der Waals surface area contributed by atoms with Crippen LogP contribution in [0.25, 0.3) is 10.2 Å². The van der Waals surface area contributed by atoms with Crippen LogP contribution < -0.4 is 4.74 Å². The predicted octanol–water partition coefficient (Wildman–Crippen LogP) is 3.04. The SMILES string of the molecule is COc1ccc2nc(CCl)sc2c1. The fourth-order valence-corrected chi connectivity index (χ4v) is 2.21. The van der Waals surface area contributed by atoms with Crippen molar-refractivity contribution < 1.29 is 4.74 Å². The molecule has 0 N–H and O–H groups in total. The zero-order chi connectivity index (χ0) is 9.26. The maximum absolute atomic E-state index is 5.69. The van der Waals surface area contributed by atoms with E-state index in [1.807, 2.05) is 18.2 Å². The summed E-state index contributed by atoms with van der Waals surface area (Å²) in [6.07, 6.45) is 0. The monoisotopic (exact) mass is 213 g/mol. The summed E-state index contributed by atoms with van der Waals surface area (Å²) in [5.74, 6) is 1.33. The van der Waals surface area contributed by atoms with E-state index >= 15 is 0 Å². The van der Waals surface area contributed by atoms with Crippen molar-refractivity contribution >= 4 is 33.2 Å². The van der Waals surface area contributed by atoms with Crippen molar-refractivity contribution in [2.75, 3.05) is 7.11 Å². The first kappa shape index (κ1) is 8.78. The number of methoxy groups -OCH3 is 1. The second-order valence-electron chi connectivity index (χ2n) is 2.57. The molecule has 1 heterocycles. The summed E-state index contributed by atoms with van der Waals surface area (Å²) in [6, 6.07) is 5.82. The Labute approximate surface area is 85.1 Å². The fourth-order valence-electron chi connectivity index (χ4n) is 1.14. The quantitative estimate of drug-likeness (QED) is 0.716. The first-order chi connectivity index (χ1) is 6.33. The Hall–Kier alpha value is -0.800. The average Bonchev–Trinajstić information content (AvgIpc) is 2.58.